The van der Waals surface area contributed by atoms with Crippen molar-refractivity contribution in [1.29, 1.82) is 0 Å². The summed E-state index contributed by atoms with van der Waals surface area (Å²) in [5.41, 5.74) is 6.70. The van der Waals surface area contributed by atoms with Crippen molar-refractivity contribution in [3.63, 3.8) is 0 Å². The molecule has 0 aromatic heterocycles. The predicted molar refractivity (Wildman–Crippen MR) is 66.2 cm³/mol. The SMILES string of the molecule is CC(N)CN[c-]1cccc1.[Fe+2].c1cc[cH-]c1. The van der Waals surface area contributed by atoms with E-state index < -0.39 is 0 Å². The second-order valence-electron chi connectivity index (χ2n) is 3.49. The van der Waals surface area contributed by atoms with Gasteiger partial charge >= 0.3 is 17.1 Å². The largest absolute Gasteiger partial charge is 2.00 e. The van der Waals surface area contributed by atoms with Crippen LogP contribution in [0.25, 0.3) is 0 Å². The van der Waals surface area contributed by atoms with Gasteiger partial charge in [0.15, 0.2) is 0 Å². The quantitative estimate of drug-likeness (QED) is 0.656. The maximum absolute atomic E-state index is 5.55. The zero-order valence-corrected chi connectivity index (χ0v) is 10.5. The van der Waals surface area contributed by atoms with Crippen LogP contribution in [0.1, 0.15) is 6.92 Å². The maximum atomic E-state index is 5.55. The van der Waals surface area contributed by atoms with Crippen LogP contribution in [0.4, 0.5) is 5.69 Å². The van der Waals surface area contributed by atoms with Crippen LogP contribution in [0.3, 0.4) is 0 Å². The number of anilines is 1. The van der Waals surface area contributed by atoms with Crippen molar-refractivity contribution in [3.05, 3.63) is 54.6 Å². The summed E-state index contributed by atoms with van der Waals surface area (Å²) in [6.07, 6.45) is 0. The fourth-order valence-corrected chi connectivity index (χ4v) is 1.09. The molecule has 0 aliphatic heterocycles. The number of nitrogens with one attached hydrogen (secondary N) is 1. The molecule has 0 heterocycles. The Kier molecular flexibility index (Phi) is 8.63. The minimum atomic E-state index is 0. The normalized spacial score (nSPS) is 10.6. The van der Waals surface area contributed by atoms with Crippen molar-refractivity contribution >= 4 is 5.69 Å². The van der Waals surface area contributed by atoms with E-state index in [0.717, 1.165) is 12.2 Å². The molecular formula is C13H18FeN2. The van der Waals surface area contributed by atoms with Crippen LogP contribution in [0.5, 0.6) is 0 Å². The molecule has 0 amide bonds. The molecule has 0 aliphatic rings. The molecule has 2 aromatic carbocycles. The minimum absolute atomic E-state index is 0. The Labute approximate surface area is 108 Å². The molecule has 2 nitrogen and oxygen atoms in total. The molecular weight excluding hydrogens is 240 g/mol. The van der Waals surface area contributed by atoms with Gasteiger partial charge in [0.1, 0.15) is 0 Å². The van der Waals surface area contributed by atoms with Crippen LogP contribution in [0.2, 0.25) is 0 Å². The van der Waals surface area contributed by atoms with E-state index in [1.807, 2.05) is 61.5 Å². The van der Waals surface area contributed by atoms with E-state index in [0.29, 0.717) is 0 Å². The first-order chi connectivity index (χ1) is 7.29. The van der Waals surface area contributed by atoms with Crippen molar-refractivity contribution in [3.8, 4) is 0 Å². The second kappa shape index (κ2) is 9.22. The molecule has 0 saturated carbocycles. The molecule has 16 heavy (non-hydrogen) atoms. The Balaban J connectivity index is 0.000000318. The third-order valence-corrected chi connectivity index (χ3v) is 1.85. The van der Waals surface area contributed by atoms with Gasteiger partial charge in [-0.2, -0.15) is 30.3 Å². The molecule has 3 heteroatoms. The van der Waals surface area contributed by atoms with Gasteiger partial charge < -0.3 is 11.1 Å². The first-order valence-corrected chi connectivity index (χ1v) is 5.17. The third kappa shape index (κ3) is 7.29. The summed E-state index contributed by atoms with van der Waals surface area (Å²) < 4.78 is 0. The Bertz CT molecular complexity index is 294. The average Bonchev–Trinajstić information content (AvgIpc) is 2.91. The van der Waals surface area contributed by atoms with Gasteiger partial charge in [0.05, 0.1) is 0 Å². The molecule has 0 spiro atoms. The van der Waals surface area contributed by atoms with Crippen molar-refractivity contribution in [2.24, 2.45) is 5.73 Å². The van der Waals surface area contributed by atoms with Crippen LogP contribution >= 0.6 is 0 Å². The molecule has 3 N–H and O–H groups in total. The van der Waals surface area contributed by atoms with Crippen molar-refractivity contribution < 1.29 is 17.1 Å². The Morgan fingerprint density at radius 2 is 1.75 bits per heavy atom. The van der Waals surface area contributed by atoms with Gasteiger partial charge in [-0.1, -0.05) is 5.69 Å². The van der Waals surface area contributed by atoms with Crippen LogP contribution in [0, 0.1) is 0 Å². The molecule has 0 saturated heterocycles. The summed E-state index contributed by atoms with van der Waals surface area (Å²) in [6.45, 7) is 2.82. The summed E-state index contributed by atoms with van der Waals surface area (Å²) in [4.78, 5) is 0. The van der Waals surface area contributed by atoms with Crippen LogP contribution in [0.15, 0.2) is 54.6 Å². The smallest absolute Gasteiger partial charge is 0.435 e. The van der Waals surface area contributed by atoms with E-state index in [2.05, 4.69) is 5.32 Å². The van der Waals surface area contributed by atoms with Gasteiger partial charge in [-0.25, -0.2) is 24.3 Å². The van der Waals surface area contributed by atoms with E-state index in [1.54, 1.807) is 0 Å². The summed E-state index contributed by atoms with van der Waals surface area (Å²) in [6, 6.07) is 18.3. The van der Waals surface area contributed by atoms with E-state index in [4.69, 9.17) is 5.73 Å². The molecule has 2 rings (SSSR count). The Morgan fingerprint density at radius 1 is 1.19 bits per heavy atom. The first-order valence-electron chi connectivity index (χ1n) is 5.17. The number of hydrogen-bond acceptors (Lipinski definition) is 2. The summed E-state index contributed by atoms with van der Waals surface area (Å²) in [5.74, 6) is 0. The number of rotatable bonds is 3. The molecule has 1 atom stereocenters. The average molecular weight is 258 g/mol. The van der Waals surface area contributed by atoms with E-state index in [1.165, 1.54) is 0 Å². The van der Waals surface area contributed by atoms with Gasteiger partial charge in [-0.15, -0.1) is 0 Å². The van der Waals surface area contributed by atoms with Crippen LogP contribution < -0.4 is 11.1 Å². The van der Waals surface area contributed by atoms with Gasteiger partial charge in [0.2, 0.25) is 0 Å². The fourth-order valence-electron chi connectivity index (χ4n) is 1.09. The molecule has 88 valence electrons. The van der Waals surface area contributed by atoms with Gasteiger partial charge in [-0.3, -0.25) is 0 Å². The molecule has 0 fully saturated rings. The third-order valence-electron chi connectivity index (χ3n) is 1.85. The molecule has 1 unspecified atom stereocenters. The maximum Gasteiger partial charge on any atom is 2.00 e. The summed E-state index contributed by atoms with van der Waals surface area (Å²) >= 11 is 0. The Morgan fingerprint density at radius 3 is 2.12 bits per heavy atom. The van der Waals surface area contributed by atoms with Gasteiger partial charge in [-0.05, 0) is 6.92 Å². The topological polar surface area (TPSA) is 38.0 Å². The van der Waals surface area contributed by atoms with Crippen molar-refractivity contribution in [2.75, 3.05) is 11.9 Å². The van der Waals surface area contributed by atoms with Crippen molar-refractivity contribution in [1.82, 2.24) is 0 Å². The Hall–Kier alpha value is -1.02. The monoisotopic (exact) mass is 258 g/mol. The summed E-state index contributed by atoms with van der Waals surface area (Å²) in [7, 11) is 0. The summed E-state index contributed by atoms with van der Waals surface area (Å²) in [5, 5.41) is 3.20. The van der Waals surface area contributed by atoms with Crippen molar-refractivity contribution in [2.45, 2.75) is 13.0 Å². The first kappa shape index (κ1) is 15.0. The molecule has 0 aliphatic carbocycles. The number of hydrogen-bond donors (Lipinski definition) is 2. The zero-order valence-electron chi connectivity index (χ0n) is 9.41. The van der Waals surface area contributed by atoms with E-state index in [9.17, 15) is 0 Å². The van der Waals surface area contributed by atoms with Gasteiger partial charge in [0, 0.05) is 12.6 Å². The molecule has 0 radical (unpaired) electrons. The minimum Gasteiger partial charge on any atom is -0.435 e. The van der Waals surface area contributed by atoms with Crippen LogP contribution in [-0.2, 0) is 17.1 Å². The molecule has 0 bridgehead atoms. The van der Waals surface area contributed by atoms with E-state index in [-0.39, 0.29) is 23.1 Å². The van der Waals surface area contributed by atoms with Crippen LogP contribution in [-0.4, -0.2) is 12.6 Å². The van der Waals surface area contributed by atoms with E-state index >= 15 is 0 Å². The predicted octanol–water partition coefficient (Wildman–Crippen LogP) is 2.57. The number of nitrogens with two attached hydrogens (primary N) is 1. The standard InChI is InChI=1S/C8H13N2.C5H5.Fe/c1-7(9)6-10-8-4-2-3-5-8;1-2-4-5-3-1;/h2-5,7,10H,6,9H2,1H3;1-5H;/q2*-1;+2. The molecule has 2 aromatic rings. The second-order valence-corrected chi connectivity index (χ2v) is 3.49. The fraction of sp³-hybridized carbons (Fsp3) is 0.231. The zero-order chi connectivity index (χ0) is 10.9. The van der Waals surface area contributed by atoms with Gasteiger partial charge in [0.25, 0.3) is 0 Å².